The highest BCUT2D eigenvalue weighted by atomic mass is 16.2. The number of rotatable bonds is 9. The molecule has 2 heterocycles. The second-order valence-corrected chi connectivity index (χ2v) is 9.15. The van der Waals surface area contributed by atoms with Gasteiger partial charge in [-0.25, -0.2) is 4.68 Å². The zero-order valence-corrected chi connectivity index (χ0v) is 19.2. The number of nitrogens with zero attached hydrogens (tertiary/aromatic N) is 3. The largest absolute Gasteiger partial charge is 0.356 e. The highest BCUT2D eigenvalue weighted by molar-refractivity contribution is 5.86. The first-order valence-corrected chi connectivity index (χ1v) is 11.9. The molecule has 4 aromatic rings. The monoisotopic (exact) mass is 455 g/mol. The SMILES string of the molecule is O=C(CC[C@]1(Cc2cccc3ccccc23)CCC(=O)N1)NCCCn1nnc2ccccc21. The van der Waals surface area contributed by atoms with E-state index >= 15 is 0 Å². The van der Waals surface area contributed by atoms with E-state index in [-0.39, 0.29) is 17.4 Å². The number of benzene rings is 3. The molecule has 34 heavy (non-hydrogen) atoms. The van der Waals surface area contributed by atoms with Crippen molar-refractivity contribution in [2.24, 2.45) is 0 Å². The van der Waals surface area contributed by atoms with Crippen LogP contribution in [-0.4, -0.2) is 38.9 Å². The van der Waals surface area contributed by atoms with Gasteiger partial charge in [0.15, 0.2) is 0 Å². The number of nitrogens with one attached hydrogen (secondary N) is 2. The standard InChI is InChI=1S/C27H29N5O2/c33-25(28-17-6-18-32-24-12-4-3-11-23(24)30-31-32)13-15-27(16-14-26(34)29-27)19-21-9-5-8-20-7-1-2-10-22(20)21/h1-5,7-12H,6,13-19H2,(H,28,33)(H,29,34)/t27-/m1/s1. The van der Waals surface area contributed by atoms with Crippen LogP contribution >= 0.6 is 0 Å². The zero-order chi connectivity index (χ0) is 23.4. The Kier molecular flexibility index (Phi) is 6.25. The molecule has 2 amide bonds. The molecule has 5 rings (SSSR count). The van der Waals surface area contributed by atoms with E-state index in [1.807, 2.05) is 41.1 Å². The predicted molar refractivity (Wildman–Crippen MR) is 132 cm³/mol. The molecule has 0 radical (unpaired) electrons. The van der Waals surface area contributed by atoms with Crippen LogP contribution in [0, 0.1) is 0 Å². The van der Waals surface area contributed by atoms with Gasteiger partial charge in [0, 0.05) is 31.5 Å². The zero-order valence-electron chi connectivity index (χ0n) is 19.2. The summed E-state index contributed by atoms with van der Waals surface area (Å²) in [6, 6.07) is 22.5. The van der Waals surface area contributed by atoms with Gasteiger partial charge in [0.25, 0.3) is 0 Å². The summed E-state index contributed by atoms with van der Waals surface area (Å²) in [5.74, 6) is 0.0857. The van der Waals surface area contributed by atoms with Gasteiger partial charge in [-0.1, -0.05) is 59.8 Å². The molecule has 1 atom stereocenters. The van der Waals surface area contributed by atoms with Gasteiger partial charge in [-0.2, -0.15) is 0 Å². The maximum Gasteiger partial charge on any atom is 0.220 e. The Balaban J connectivity index is 1.16. The van der Waals surface area contributed by atoms with Crippen molar-refractivity contribution in [1.29, 1.82) is 0 Å². The van der Waals surface area contributed by atoms with Crippen LogP contribution in [0.25, 0.3) is 21.8 Å². The van der Waals surface area contributed by atoms with Crippen molar-refractivity contribution >= 4 is 33.6 Å². The van der Waals surface area contributed by atoms with E-state index in [1.54, 1.807) is 0 Å². The lowest BCUT2D eigenvalue weighted by Crippen LogP contribution is -2.44. The summed E-state index contributed by atoms with van der Waals surface area (Å²) in [4.78, 5) is 24.8. The topological polar surface area (TPSA) is 88.9 Å². The average Bonchev–Trinajstić information content (AvgIpc) is 3.44. The van der Waals surface area contributed by atoms with Crippen LogP contribution in [-0.2, 0) is 22.6 Å². The van der Waals surface area contributed by atoms with Crippen molar-refractivity contribution in [3.63, 3.8) is 0 Å². The van der Waals surface area contributed by atoms with Crippen LogP contribution in [0.1, 0.15) is 37.7 Å². The Bertz CT molecular complexity index is 1330. The third kappa shape index (κ3) is 4.78. The van der Waals surface area contributed by atoms with Crippen LogP contribution in [0.15, 0.2) is 66.7 Å². The molecule has 0 saturated carbocycles. The number of carbonyl (C=O) groups excluding carboxylic acids is 2. The Morgan fingerprint density at radius 1 is 1.06 bits per heavy atom. The summed E-state index contributed by atoms with van der Waals surface area (Å²) in [5.41, 5.74) is 2.71. The molecule has 7 heteroatoms. The molecule has 1 fully saturated rings. The minimum atomic E-state index is -0.377. The van der Waals surface area contributed by atoms with E-state index in [1.165, 1.54) is 16.3 Å². The Morgan fingerprint density at radius 3 is 2.76 bits per heavy atom. The quantitative estimate of drug-likeness (QED) is 0.376. The highest BCUT2D eigenvalue weighted by Crippen LogP contribution is 2.32. The molecular formula is C27H29N5O2. The van der Waals surface area contributed by atoms with Gasteiger partial charge in [-0.05, 0) is 54.2 Å². The van der Waals surface area contributed by atoms with E-state index in [0.717, 1.165) is 30.3 Å². The molecule has 1 aromatic heterocycles. The first-order chi connectivity index (χ1) is 16.6. The minimum absolute atomic E-state index is 0.0156. The van der Waals surface area contributed by atoms with E-state index in [9.17, 15) is 9.59 Å². The summed E-state index contributed by atoms with van der Waals surface area (Å²) >= 11 is 0. The van der Waals surface area contributed by atoms with Crippen molar-refractivity contribution in [3.05, 3.63) is 72.3 Å². The van der Waals surface area contributed by atoms with Crippen LogP contribution in [0.5, 0.6) is 0 Å². The molecular weight excluding hydrogens is 426 g/mol. The predicted octanol–water partition coefficient (Wildman–Crippen LogP) is 3.76. The number of fused-ring (bicyclic) bond motifs is 2. The van der Waals surface area contributed by atoms with Crippen LogP contribution in [0.3, 0.4) is 0 Å². The number of aryl methyl sites for hydroxylation is 1. The first kappa shape index (κ1) is 22.1. The molecule has 3 aromatic carbocycles. The van der Waals surface area contributed by atoms with Gasteiger partial charge in [0.1, 0.15) is 5.52 Å². The highest BCUT2D eigenvalue weighted by Gasteiger charge is 2.38. The van der Waals surface area contributed by atoms with Crippen molar-refractivity contribution in [2.75, 3.05) is 6.54 Å². The van der Waals surface area contributed by atoms with Crippen LogP contribution in [0.4, 0.5) is 0 Å². The molecule has 7 nitrogen and oxygen atoms in total. The Morgan fingerprint density at radius 2 is 1.88 bits per heavy atom. The fourth-order valence-electron chi connectivity index (χ4n) is 4.97. The summed E-state index contributed by atoms with van der Waals surface area (Å²) in [5, 5.41) is 17.0. The van der Waals surface area contributed by atoms with Crippen molar-refractivity contribution < 1.29 is 9.59 Å². The fourth-order valence-corrected chi connectivity index (χ4v) is 4.97. The summed E-state index contributed by atoms with van der Waals surface area (Å²) in [6.07, 6.45) is 3.78. The van der Waals surface area contributed by atoms with E-state index in [4.69, 9.17) is 0 Å². The lowest BCUT2D eigenvalue weighted by Gasteiger charge is -2.30. The van der Waals surface area contributed by atoms with E-state index in [0.29, 0.717) is 32.4 Å². The van der Waals surface area contributed by atoms with Crippen molar-refractivity contribution in [1.82, 2.24) is 25.6 Å². The third-order valence-corrected chi connectivity index (χ3v) is 6.76. The van der Waals surface area contributed by atoms with Gasteiger partial charge < -0.3 is 10.6 Å². The molecule has 0 unspecified atom stereocenters. The van der Waals surface area contributed by atoms with E-state index < -0.39 is 0 Å². The molecule has 0 bridgehead atoms. The lowest BCUT2D eigenvalue weighted by molar-refractivity contribution is -0.122. The minimum Gasteiger partial charge on any atom is -0.356 e. The molecule has 0 spiro atoms. The first-order valence-electron chi connectivity index (χ1n) is 11.9. The second-order valence-electron chi connectivity index (χ2n) is 9.15. The van der Waals surface area contributed by atoms with Crippen molar-refractivity contribution in [3.8, 4) is 0 Å². The van der Waals surface area contributed by atoms with E-state index in [2.05, 4.69) is 51.3 Å². The number of aromatic nitrogens is 3. The smallest absolute Gasteiger partial charge is 0.220 e. The third-order valence-electron chi connectivity index (χ3n) is 6.76. The maximum absolute atomic E-state index is 12.6. The number of para-hydroxylation sites is 1. The van der Waals surface area contributed by atoms with Crippen LogP contribution < -0.4 is 10.6 Å². The van der Waals surface area contributed by atoms with Gasteiger partial charge in [-0.3, -0.25) is 9.59 Å². The molecule has 1 aliphatic heterocycles. The van der Waals surface area contributed by atoms with Gasteiger partial charge in [-0.15, -0.1) is 5.10 Å². The average molecular weight is 456 g/mol. The van der Waals surface area contributed by atoms with Gasteiger partial charge in [0.2, 0.25) is 11.8 Å². The van der Waals surface area contributed by atoms with Gasteiger partial charge >= 0.3 is 0 Å². The maximum atomic E-state index is 12.6. The molecule has 2 N–H and O–H groups in total. The molecule has 1 aliphatic rings. The number of carbonyl (C=O) groups is 2. The Labute approximate surface area is 198 Å². The second kappa shape index (κ2) is 9.63. The number of hydrogen-bond donors (Lipinski definition) is 2. The van der Waals surface area contributed by atoms with Crippen LogP contribution in [0.2, 0.25) is 0 Å². The molecule has 174 valence electrons. The summed E-state index contributed by atoms with van der Waals surface area (Å²) in [6.45, 7) is 1.28. The normalized spacial score (nSPS) is 17.8. The van der Waals surface area contributed by atoms with Crippen molar-refractivity contribution in [2.45, 2.75) is 50.6 Å². The summed E-state index contributed by atoms with van der Waals surface area (Å²) < 4.78 is 1.87. The molecule has 1 saturated heterocycles. The lowest BCUT2D eigenvalue weighted by atomic mass is 9.83. The van der Waals surface area contributed by atoms with Gasteiger partial charge in [0.05, 0.1) is 5.52 Å². The Hall–Kier alpha value is -3.74. The number of amides is 2. The number of hydrogen-bond acceptors (Lipinski definition) is 4. The summed E-state index contributed by atoms with van der Waals surface area (Å²) in [7, 11) is 0. The fraction of sp³-hybridized carbons (Fsp3) is 0.333. The molecule has 0 aliphatic carbocycles.